The molecule has 1 N–H and O–H groups in total. The maximum absolute atomic E-state index is 5.62. The van der Waals surface area contributed by atoms with Gasteiger partial charge in [-0.3, -0.25) is 4.68 Å². The molecular formula is C16H21N7O. The van der Waals surface area contributed by atoms with E-state index in [-0.39, 0.29) is 12.1 Å². The van der Waals surface area contributed by atoms with Gasteiger partial charge in [0.1, 0.15) is 18.0 Å². The lowest BCUT2D eigenvalue weighted by atomic mass is 10.2. The number of nitrogens with zero attached hydrogens (tertiary/aromatic N) is 6. The van der Waals surface area contributed by atoms with Crippen LogP contribution in [0.4, 0.5) is 5.82 Å². The summed E-state index contributed by atoms with van der Waals surface area (Å²) in [6.07, 6.45) is 4.42. The molecule has 3 aromatic heterocycles. The summed E-state index contributed by atoms with van der Waals surface area (Å²) in [5, 5.41) is 5.26. The molecule has 0 bridgehead atoms. The molecular weight excluding hydrogens is 306 g/mol. The topological polar surface area (TPSA) is 84.8 Å². The zero-order valence-corrected chi connectivity index (χ0v) is 14.3. The molecule has 3 aromatic rings. The molecule has 0 radical (unpaired) electrons. The van der Waals surface area contributed by atoms with E-state index in [1.807, 2.05) is 27.1 Å². The summed E-state index contributed by atoms with van der Waals surface area (Å²) < 4.78 is 7.39. The van der Waals surface area contributed by atoms with Crippen molar-refractivity contribution in [3.8, 4) is 0 Å². The molecule has 0 amide bonds. The SMILES string of the molecule is CO[C@@H]1C[C@@H](c2nc(C)c(C)[nH]2)N(c2ncnc3c2cnn3C)C1. The van der Waals surface area contributed by atoms with Gasteiger partial charge in [-0.1, -0.05) is 0 Å². The predicted molar refractivity (Wildman–Crippen MR) is 89.9 cm³/mol. The molecule has 1 aliphatic rings. The molecule has 0 aliphatic carbocycles. The predicted octanol–water partition coefficient (Wildman–Crippen LogP) is 1.67. The molecule has 1 aliphatic heterocycles. The van der Waals surface area contributed by atoms with Crippen molar-refractivity contribution in [2.75, 3.05) is 18.6 Å². The van der Waals surface area contributed by atoms with E-state index in [2.05, 4.69) is 25.0 Å². The Morgan fingerprint density at radius 2 is 2.12 bits per heavy atom. The Bertz CT molecular complexity index is 864. The molecule has 0 saturated carbocycles. The largest absolute Gasteiger partial charge is 0.380 e. The zero-order valence-electron chi connectivity index (χ0n) is 14.3. The van der Waals surface area contributed by atoms with Crippen LogP contribution >= 0.6 is 0 Å². The number of anilines is 1. The second-order valence-corrected chi connectivity index (χ2v) is 6.30. The van der Waals surface area contributed by atoms with Gasteiger partial charge < -0.3 is 14.6 Å². The highest BCUT2D eigenvalue weighted by atomic mass is 16.5. The number of H-pyrrole nitrogens is 1. The number of hydrogen-bond donors (Lipinski definition) is 1. The first-order chi connectivity index (χ1) is 11.6. The number of aromatic amines is 1. The van der Waals surface area contributed by atoms with Crippen molar-refractivity contribution in [1.29, 1.82) is 0 Å². The highest BCUT2D eigenvalue weighted by molar-refractivity contribution is 5.87. The summed E-state index contributed by atoms with van der Waals surface area (Å²) >= 11 is 0. The summed E-state index contributed by atoms with van der Waals surface area (Å²) in [7, 11) is 3.64. The molecule has 24 heavy (non-hydrogen) atoms. The van der Waals surface area contributed by atoms with Gasteiger partial charge in [-0.05, 0) is 13.8 Å². The number of nitrogens with one attached hydrogen (secondary N) is 1. The molecule has 126 valence electrons. The van der Waals surface area contributed by atoms with Crippen LogP contribution in [0.3, 0.4) is 0 Å². The molecule has 0 aromatic carbocycles. The highest BCUT2D eigenvalue weighted by Gasteiger charge is 2.37. The lowest BCUT2D eigenvalue weighted by Gasteiger charge is -2.24. The minimum atomic E-state index is 0.0978. The van der Waals surface area contributed by atoms with E-state index >= 15 is 0 Å². The van der Waals surface area contributed by atoms with E-state index < -0.39 is 0 Å². The molecule has 8 nitrogen and oxygen atoms in total. The Morgan fingerprint density at radius 3 is 2.83 bits per heavy atom. The molecule has 1 fully saturated rings. The molecule has 4 heterocycles. The van der Waals surface area contributed by atoms with Crippen molar-refractivity contribution in [2.24, 2.45) is 7.05 Å². The van der Waals surface area contributed by atoms with Crippen LogP contribution in [0.2, 0.25) is 0 Å². The Balaban J connectivity index is 1.81. The Morgan fingerprint density at radius 1 is 1.29 bits per heavy atom. The second-order valence-electron chi connectivity index (χ2n) is 6.30. The Kier molecular flexibility index (Phi) is 3.49. The summed E-state index contributed by atoms with van der Waals surface area (Å²) in [6, 6.07) is 0.0978. The van der Waals surface area contributed by atoms with Crippen molar-refractivity contribution < 1.29 is 4.74 Å². The number of aryl methyl sites for hydroxylation is 3. The molecule has 0 spiro atoms. The fourth-order valence-corrected chi connectivity index (χ4v) is 3.37. The summed E-state index contributed by atoms with van der Waals surface area (Å²) in [5.74, 6) is 1.84. The first kappa shape index (κ1) is 15.1. The number of aromatic nitrogens is 6. The summed E-state index contributed by atoms with van der Waals surface area (Å²) in [6.45, 7) is 4.83. The van der Waals surface area contributed by atoms with Crippen molar-refractivity contribution in [3.05, 3.63) is 29.7 Å². The van der Waals surface area contributed by atoms with Crippen LogP contribution in [-0.4, -0.2) is 49.5 Å². The lowest BCUT2D eigenvalue weighted by molar-refractivity contribution is 0.118. The maximum atomic E-state index is 5.62. The zero-order chi connectivity index (χ0) is 16.8. The standard InChI is InChI=1S/C16H21N7O/c1-9-10(2)21-14(20-9)13-5-11(24-4)7-23(13)16-12-6-19-22(3)15(12)17-8-18-16/h6,8,11,13H,5,7H2,1-4H3,(H,20,21)/t11-,13+/m1/s1. The fraction of sp³-hybridized carbons (Fsp3) is 0.500. The van der Waals surface area contributed by atoms with Crippen molar-refractivity contribution >= 4 is 16.9 Å². The Hall–Kier alpha value is -2.48. The molecule has 2 atom stereocenters. The number of rotatable bonds is 3. The number of fused-ring (bicyclic) bond motifs is 1. The Labute approximate surface area is 139 Å². The molecule has 1 saturated heterocycles. The van der Waals surface area contributed by atoms with Crippen molar-refractivity contribution in [1.82, 2.24) is 29.7 Å². The summed E-state index contributed by atoms with van der Waals surface area (Å²) in [4.78, 5) is 19.2. The van der Waals surface area contributed by atoms with E-state index in [9.17, 15) is 0 Å². The molecule has 4 rings (SSSR count). The van der Waals surface area contributed by atoms with E-state index in [1.165, 1.54) is 0 Å². The third-order valence-corrected chi connectivity index (χ3v) is 4.84. The van der Waals surface area contributed by atoms with Crippen LogP contribution in [0, 0.1) is 13.8 Å². The van der Waals surface area contributed by atoms with Gasteiger partial charge in [0.2, 0.25) is 0 Å². The monoisotopic (exact) mass is 327 g/mol. The van der Waals surface area contributed by atoms with E-state index in [1.54, 1.807) is 18.1 Å². The van der Waals surface area contributed by atoms with Crippen LogP contribution in [0.15, 0.2) is 12.5 Å². The van der Waals surface area contributed by atoms with Crippen LogP contribution in [0.1, 0.15) is 29.7 Å². The van der Waals surface area contributed by atoms with Crippen LogP contribution < -0.4 is 4.90 Å². The lowest BCUT2D eigenvalue weighted by Crippen LogP contribution is -2.26. The van der Waals surface area contributed by atoms with Crippen molar-refractivity contribution in [3.63, 3.8) is 0 Å². The van der Waals surface area contributed by atoms with Crippen LogP contribution in [-0.2, 0) is 11.8 Å². The minimum absolute atomic E-state index is 0.0978. The molecule has 0 unspecified atom stereocenters. The van der Waals surface area contributed by atoms with Gasteiger partial charge in [0.15, 0.2) is 5.65 Å². The molecule has 8 heteroatoms. The van der Waals surface area contributed by atoms with E-state index in [4.69, 9.17) is 9.72 Å². The fourth-order valence-electron chi connectivity index (χ4n) is 3.37. The third-order valence-electron chi connectivity index (χ3n) is 4.84. The van der Waals surface area contributed by atoms with Gasteiger partial charge in [-0.2, -0.15) is 5.10 Å². The number of imidazole rings is 1. The number of methoxy groups -OCH3 is 1. The van der Waals surface area contributed by atoms with E-state index in [0.29, 0.717) is 0 Å². The van der Waals surface area contributed by atoms with Gasteiger partial charge in [0, 0.05) is 32.8 Å². The number of hydrogen-bond acceptors (Lipinski definition) is 6. The van der Waals surface area contributed by atoms with Gasteiger partial charge in [-0.25, -0.2) is 15.0 Å². The van der Waals surface area contributed by atoms with Gasteiger partial charge in [0.25, 0.3) is 0 Å². The first-order valence-corrected chi connectivity index (χ1v) is 8.03. The van der Waals surface area contributed by atoms with Crippen LogP contribution in [0.25, 0.3) is 11.0 Å². The average molecular weight is 327 g/mol. The second kappa shape index (κ2) is 5.55. The normalized spacial score (nSPS) is 21.1. The quantitative estimate of drug-likeness (QED) is 0.788. The van der Waals surface area contributed by atoms with Crippen LogP contribution in [0.5, 0.6) is 0 Å². The highest BCUT2D eigenvalue weighted by Crippen LogP contribution is 2.37. The third kappa shape index (κ3) is 2.25. The summed E-state index contributed by atoms with van der Waals surface area (Å²) in [5.41, 5.74) is 2.95. The smallest absolute Gasteiger partial charge is 0.163 e. The maximum Gasteiger partial charge on any atom is 0.163 e. The van der Waals surface area contributed by atoms with Crippen molar-refractivity contribution in [2.45, 2.75) is 32.4 Å². The van der Waals surface area contributed by atoms with Gasteiger partial charge >= 0.3 is 0 Å². The first-order valence-electron chi connectivity index (χ1n) is 8.03. The average Bonchev–Trinajstić information content (AvgIpc) is 3.26. The number of ether oxygens (including phenoxy) is 1. The van der Waals surface area contributed by atoms with Gasteiger partial charge in [0.05, 0.1) is 29.4 Å². The van der Waals surface area contributed by atoms with E-state index in [0.717, 1.165) is 47.0 Å². The van der Waals surface area contributed by atoms with Gasteiger partial charge in [-0.15, -0.1) is 0 Å². The minimum Gasteiger partial charge on any atom is -0.380 e.